The van der Waals surface area contributed by atoms with Gasteiger partial charge in [0.1, 0.15) is 6.07 Å². The summed E-state index contributed by atoms with van der Waals surface area (Å²) in [4.78, 5) is 11.5. The lowest BCUT2D eigenvalue weighted by atomic mass is 9.88. The lowest BCUT2D eigenvalue weighted by Crippen LogP contribution is -2.34. The van der Waals surface area contributed by atoms with E-state index >= 15 is 0 Å². The molecule has 3 aliphatic rings. The van der Waals surface area contributed by atoms with E-state index in [1.54, 1.807) is 6.07 Å². The summed E-state index contributed by atoms with van der Waals surface area (Å²) in [5.74, 6) is 2.06. The number of hydrogen-bond acceptors (Lipinski definition) is 8. The number of rotatable bonds is 7. The maximum Gasteiger partial charge on any atom is 0.247 e. The molecule has 2 N–H and O–H groups in total. The summed E-state index contributed by atoms with van der Waals surface area (Å²) in [7, 11) is 0. The summed E-state index contributed by atoms with van der Waals surface area (Å²) in [6, 6.07) is 8.40. The van der Waals surface area contributed by atoms with Crippen LogP contribution in [0.2, 0.25) is 5.02 Å². The zero-order valence-electron chi connectivity index (χ0n) is 19.3. The summed E-state index contributed by atoms with van der Waals surface area (Å²) in [5.41, 5.74) is 2.97. The maximum absolute atomic E-state index is 9.70. The third-order valence-corrected chi connectivity index (χ3v) is 7.53. The summed E-state index contributed by atoms with van der Waals surface area (Å²) in [5, 5.41) is 30.9. The smallest absolute Gasteiger partial charge is 0.247 e. The van der Waals surface area contributed by atoms with Gasteiger partial charge in [0.15, 0.2) is 17.2 Å². The van der Waals surface area contributed by atoms with Gasteiger partial charge in [-0.2, -0.15) is 20.0 Å². The number of hydrogen-bond donors (Lipinski definition) is 2. The van der Waals surface area contributed by atoms with Crippen LogP contribution in [0.25, 0.3) is 5.65 Å². The SMILES string of the molecule is N#Cc1cc(Nc2nc(NC3CC3)c3ncc(C#N)n3n2)c(Cl)c(C2CCN(CC3CC3)CC2)c1. The van der Waals surface area contributed by atoms with Gasteiger partial charge >= 0.3 is 0 Å². The Hall–Kier alpha value is -3.40. The number of imidazole rings is 1. The van der Waals surface area contributed by atoms with Crippen LogP contribution in [0.5, 0.6) is 0 Å². The largest absolute Gasteiger partial charge is 0.364 e. The first-order valence-electron chi connectivity index (χ1n) is 12.3. The number of nitrogens with zero attached hydrogens (tertiary/aromatic N) is 7. The Morgan fingerprint density at radius 3 is 2.54 bits per heavy atom. The van der Waals surface area contributed by atoms with Crippen LogP contribution >= 0.6 is 11.6 Å². The molecule has 2 saturated carbocycles. The molecule has 10 heteroatoms. The average Bonchev–Trinajstić information content (AvgIpc) is 3.81. The van der Waals surface area contributed by atoms with Gasteiger partial charge in [0.25, 0.3) is 0 Å². The summed E-state index contributed by atoms with van der Waals surface area (Å²) < 4.78 is 1.48. The minimum Gasteiger partial charge on any atom is -0.364 e. The van der Waals surface area contributed by atoms with E-state index in [0.717, 1.165) is 50.3 Å². The van der Waals surface area contributed by atoms with Crippen molar-refractivity contribution in [2.75, 3.05) is 30.3 Å². The van der Waals surface area contributed by atoms with Crippen LogP contribution in [-0.2, 0) is 0 Å². The Balaban J connectivity index is 1.30. The van der Waals surface area contributed by atoms with E-state index in [1.165, 1.54) is 30.1 Å². The highest BCUT2D eigenvalue weighted by Gasteiger charge is 2.29. The topological polar surface area (TPSA) is 118 Å². The van der Waals surface area contributed by atoms with Gasteiger partial charge in [0.2, 0.25) is 5.95 Å². The molecule has 6 rings (SSSR count). The van der Waals surface area contributed by atoms with E-state index in [1.807, 2.05) is 6.07 Å². The van der Waals surface area contributed by atoms with E-state index in [9.17, 15) is 10.5 Å². The standard InChI is InChI=1S/C25H26ClN9/c26-22-20(17-5-7-34(8-6-17)14-15-1-2-15)9-16(11-27)10-21(22)31-25-32-23(30-18-3-4-18)24-29-13-19(12-28)35(24)33-25/h9-10,13,15,17-18H,1-8,14H2,(H2,30,31,32,33). The second-order valence-corrected chi connectivity index (χ2v) is 10.3. The fourth-order valence-electron chi connectivity index (χ4n) is 4.84. The number of nitriles is 2. The molecule has 0 spiro atoms. The first-order valence-corrected chi connectivity index (χ1v) is 12.6. The third-order valence-electron chi connectivity index (χ3n) is 7.11. The number of benzene rings is 1. The van der Waals surface area contributed by atoms with Crippen LogP contribution in [0.3, 0.4) is 0 Å². The Kier molecular flexibility index (Phi) is 5.68. The van der Waals surface area contributed by atoms with Crippen molar-refractivity contribution in [3.8, 4) is 12.1 Å². The Morgan fingerprint density at radius 2 is 1.86 bits per heavy atom. The second kappa shape index (κ2) is 8.99. The number of piperidine rings is 1. The van der Waals surface area contributed by atoms with E-state index in [4.69, 9.17) is 11.6 Å². The predicted octanol–water partition coefficient (Wildman–Crippen LogP) is 4.43. The van der Waals surface area contributed by atoms with Gasteiger partial charge in [-0.25, -0.2) is 4.98 Å². The highest BCUT2D eigenvalue weighted by atomic mass is 35.5. The van der Waals surface area contributed by atoms with Gasteiger partial charge in [-0.3, -0.25) is 0 Å². The molecular weight excluding hydrogens is 462 g/mol. The van der Waals surface area contributed by atoms with Crippen LogP contribution in [0.1, 0.15) is 61.3 Å². The van der Waals surface area contributed by atoms with Crippen molar-refractivity contribution >= 4 is 34.7 Å². The molecule has 1 aliphatic heterocycles. The fraction of sp³-hybridized carbons (Fsp3) is 0.480. The quantitative estimate of drug-likeness (QED) is 0.502. The molecule has 3 heterocycles. The molecule has 0 atom stereocenters. The van der Waals surface area contributed by atoms with Crippen molar-refractivity contribution in [2.24, 2.45) is 5.92 Å². The minimum absolute atomic E-state index is 0.289. The fourth-order valence-corrected chi connectivity index (χ4v) is 5.15. The molecule has 9 nitrogen and oxygen atoms in total. The molecule has 0 unspecified atom stereocenters. The number of fused-ring (bicyclic) bond motifs is 1. The number of anilines is 3. The molecule has 0 radical (unpaired) electrons. The molecule has 1 aromatic carbocycles. The van der Waals surface area contributed by atoms with Crippen molar-refractivity contribution in [1.82, 2.24) is 24.5 Å². The third kappa shape index (κ3) is 4.62. The molecule has 3 aromatic rings. The summed E-state index contributed by atoms with van der Waals surface area (Å²) in [6.45, 7) is 3.33. The number of aromatic nitrogens is 4. The average molecular weight is 488 g/mol. The minimum atomic E-state index is 0.289. The van der Waals surface area contributed by atoms with Crippen LogP contribution in [0.15, 0.2) is 18.3 Å². The highest BCUT2D eigenvalue weighted by Crippen LogP contribution is 2.39. The van der Waals surface area contributed by atoms with Gasteiger partial charge in [-0.05, 0) is 81.1 Å². The van der Waals surface area contributed by atoms with Crippen molar-refractivity contribution in [3.63, 3.8) is 0 Å². The van der Waals surface area contributed by atoms with Crippen LogP contribution in [0, 0.1) is 28.6 Å². The van der Waals surface area contributed by atoms with Crippen molar-refractivity contribution in [1.29, 1.82) is 10.5 Å². The van der Waals surface area contributed by atoms with E-state index < -0.39 is 0 Å². The summed E-state index contributed by atoms with van der Waals surface area (Å²) >= 11 is 6.91. The molecular formula is C25H26ClN9. The van der Waals surface area contributed by atoms with Crippen LogP contribution in [0.4, 0.5) is 17.5 Å². The maximum atomic E-state index is 9.70. The van der Waals surface area contributed by atoms with Crippen LogP contribution in [-0.4, -0.2) is 50.2 Å². The number of nitrogens with one attached hydrogen (secondary N) is 2. The lowest BCUT2D eigenvalue weighted by molar-refractivity contribution is 0.205. The first-order chi connectivity index (χ1) is 17.1. The molecule has 2 aromatic heterocycles. The van der Waals surface area contributed by atoms with E-state index in [-0.39, 0.29) is 5.95 Å². The zero-order valence-corrected chi connectivity index (χ0v) is 20.1. The molecule has 0 bridgehead atoms. The van der Waals surface area contributed by atoms with Gasteiger partial charge in [-0.15, -0.1) is 5.10 Å². The molecule has 3 fully saturated rings. The van der Waals surface area contributed by atoms with Crippen molar-refractivity contribution < 1.29 is 0 Å². The first kappa shape index (κ1) is 22.1. The molecule has 35 heavy (non-hydrogen) atoms. The normalized spacial score (nSPS) is 18.8. The molecule has 2 aliphatic carbocycles. The van der Waals surface area contributed by atoms with E-state index in [0.29, 0.717) is 45.4 Å². The highest BCUT2D eigenvalue weighted by molar-refractivity contribution is 6.34. The number of halogens is 1. The van der Waals surface area contributed by atoms with Gasteiger partial charge < -0.3 is 15.5 Å². The van der Waals surface area contributed by atoms with Crippen molar-refractivity contribution in [3.05, 3.63) is 40.2 Å². The lowest BCUT2D eigenvalue weighted by Gasteiger charge is -2.33. The summed E-state index contributed by atoms with van der Waals surface area (Å²) in [6.07, 6.45) is 8.42. The Bertz CT molecular complexity index is 1350. The molecule has 178 valence electrons. The zero-order chi connectivity index (χ0) is 23.9. The van der Waals surface area contributed by atoms with Crippen molar-refractivity contribution in [2.45, 2.75) is 50.5 Å². The predicted molar refractivity (Wildman–Crippen MR) is 133 cm³/mol. The van der Waals surface area contributed by atoms with E-state index in [2.05, 4.69) is 42.7 Å². The van der Waals surface area contributed by atoms with Gasteiger partial charge in [-0.1, -0.05) is 11.6 Å². The van der Waals surface area contributed by atoms with Crippen LogP contribution < -0.4 is 10.6 Å². The molecule has 1 saturated heterocycles. The number of likely N-dealkylation sites (tertiary alicyclic amines) is 1. The Morgan fingerprint density at radius 1 is 1.06 bits per heavy atom. The van der Waals surface area contributed by atoms with Gasteiger partial charge in [0, 0.05) is 12.6 Å². The van der Waals surface area contributed by atoms with Gasteiger partial charge in [0.05, 0.1) is 28.5 Å². The molecule has 0 amide bonds. The Labute approximate surface area is 208 Å². The monoisotopic (exact) mass is 487 g/mol. The second-order valence-electron chi connectivity index (χ2n) is 9.88.